The van der Waals surface area contributed by atoms with Crippen LogP contribution in [0.1, 0.15) is 12.8 Å². The molecule has 1 aliphatic heterocycles. The lowest BCUT2D eigenvalue weighted by atomic mass is 10.2. The van der Waals surface area contributed by atoms with Gasteiger partial charge in [0.15, 0.2) is 0 Å². The summed E-state index contributed by atoms with van der Waals surface area (Å²) in [5, 5.41) is 3.11. The molecule has 0 aromatic heterocycles. The van der Waals surface area contributed by atoms with E-state index in [9.17, 15) is 8.78 Å². The van der Waals surface area contributed by atoms with Gasteiger partial charge in [-0.15, -0.1) is 12.4 Å². The SMILES string of the molecule is Cl.FC1(F)C2CCNCCC21. The van der Waals surface area contributed by atoms with E-state index in [1.54, 1.807) is 0 Å². The predicted octanol–water partition coefficient (Wildman–Crippen LogP) is 1.67. The number of nitrogens with one attached hydrogen (secondary N) is 1. The molecule has 2 rings (SSSR count). The quantitative estimate of drug-likeness (QED) is 0.603. The number of halogens is 3. The summed E-state index contributed by atoms with van der Waals surface area (Å²) in [4.78, 5) is 0. The Labute approximate surface area is 71.0 Å². The van der Waals surface area contributed by atoms with Gasteiger partial charge in [0.25, 0.3) is 5.92 Å². The van der Waals surface area contributed by atoms with Crippen molar-refractivity contribution < 1.29 is 8.78 Å². The summed E-state index contributed by atoms with van der Waals surface area (Å²) in [5.74, 6) is -2.88. The van der Waals surface area contributed by atoms with E-state index in [4.69, 9.17) is 0 Å². The van der Waals surface area contributed by atoms with E-state index >= 15 is 0 Å². The normalized spacial score (nSPS) is 39.8. The first-order chi connectivity index (χ1) is 4.73. The molecule has 0 bridgehead atoms. The molecule has 4 heteroatoms. The Morgan fingerprint density at radius 1 is 1.09 bits per heavy atom. The zero-order valence-corrected chi connectivity index (χ0v) is 6.96. The van der Waals surface area contributed by atoms with Crippen LogP contribution in [-0.2, 0) is 0 Å². The number of hydrogen-bond acceptors (Lipinski definition) is 1. The molecule has 2 fully saturated rings. The summed E-state index contributed by atoms with van der Waals surface area (Å²) < 4.78 is 25.3. The standard InChI is InChI=1S/C7H11F2N.ClH/c8-7(9)5-1-3-10-4-2-6(5)7;/h5-6,10H,1-4H2;1H. The average molecular weight is 184 g/mol. The smallest absolute Gasteiger partial charge is 0.254 e. The second-order valence-corrected chi connectivity index (χ2v) is 3.21. The topological polar surface area (TPSA) is 12.0 Å². The summed E-state index contributed by atoms with van der Waals surface area (Å²) in [5.41, 5.74) is 0. The lowest BCUT2D eigenvalue weighted by Gasteiger charge is -2.01. The Morgan fingerprint density at radius 2 is 1.55 bits per heavy atom. The molecule has 1 saturated heterocycles. The minimum absolute atomic E-state index is 0. The molecule has 0 radical (unpaired) electrons. The third-order valence-corrected chi connectivity index (χ3v) is 2.63. The first-order valence-corrected chi connectivity index (χ1v) is 3.81. The van der Waals surface area contributed by atoms with Crippen molar-refractivity contribution in [2.75, 3.05) is 13.1 Å². The van der Waals surface area contributed by atoms with Gasteiger partial charge in [-0.25, -0.2) is 8.78 Å². The first kappa shape index (κ1) is 9.20. The highest BCUT2D eigenvalue weighted by Gasteiger charge is 2.66. The zero-order valence-electron chi connectivity index (χ0n) is 6.15. The van der Waals surface area contributed by atoms with Crippen LogP contribution >= 0.6 is 12.4 Å². The van der Waals surface area contributed by atoms with E-state index in [0.29, 0.717) is 12.8 Å². The second kappa shape index (κ2) is 2.87. The van der Waals surface area contributed by atoms with Crippen molar-refractivity contribution in [3.63, 3.8) is 0 Å². The van der Waals surface area contributed by atoms with Crippen LogP contribution < -0.4 is 5.32 Å². The second-order valence-electron chi connectivity index (χ2n) is 3.21. The molecule has 2 atom stereocenters. The Balaban J connectivity index is 0.000000605. The molecule has 1 aliphatic carbocycles. The molecular weight excluding hydrogens is 172 g/mol. The molecule has 1 nitrogen and oxygen atoms in total. The van der Waals surface area contributed by atoms with Crippen molar-refractivity contribution in [1.82, 2.24) is 5.32 Å². The van der Waals surface area contributed by atoms with Gasteiger partial charge in [-0.2, -0.15) is 0 Å². The molecule has 11 heavy (non-hydrogen) atoms. The van der Waals surface area contributed by atoms with Gasteiger partial charge < -0.3 is 5.32 Å². The molecule has 0 spiro atoms. The van der Waals surface area contributed by atoms with Gasteiger partial charge in [0.1, 0.15) is 0 Å². The van der Waals surface area contributed by atoms with Crippen LogP contribution in [0.15, 0.2) is 0 Å². The lowest BCUT2D eigenvalue weighted by Crippen LogP contribution is -2.17. The monoisotopic (exact) mass is 183 g/mol. The molecule has 2 aliphatic rings. The molecule has 1 saturated carbocycles. The summed E-state index contributed by atoms with van der Waals surface area (Å²) in [6.45, 7) is 1.55. The van der Waals surface area contributed by atoms with Crippen LogP contribution in [0, 0.1) is 11.8 Å². The minimum Gasteiger partial charge on any atom is -0.317 e. The Hall–Kier alpha value is 0.110. The molecule has 0 aromatic carbocycles. The zero-order chi connectivity index (χ0) is 7.19. The number of rotatable bonds is 0. The molecule has 0 amide bonds. The van der Waals surface area contributed by atoms with Crippen LogP contribution in [0.5, 0.6) is 0 Å². The highest BCUT2D eigenvalue weighted by molar-refractivity contribution is 5.85. The fourth-order valence-electron chi connectivity index (χ4n) is 1.89. The predicted molar refractivity (Wildman–Crippen MR) is 41.3 cm³/mol. The number of fused-ring (bicyclic) bond motifs is 1. The van der Waals surface area contributed by atoms with Gasteiger partial charge in [-0.05, 0) is 25.9 Å². The molecular formula is C7H12ClF2N. The third-order valence-electron chi connectivity index (χ3n) is 2.63. The summed E-state index contributed by atoms with van der Waals surface area (Å²) in [6.07, 6.45) is 1.33. The molecule has 1 N–H and O–H groups in total. The fourth-order valence-corrected chi connectivity index (χ4v) is 1.89. The number of hydrogen-bond donors (Lipinski definition) is 1. The minimum atomic E-state index is -2.30. The average Bonchev–Trinajstić information content (AvgIpc) is 2.47. The van der Waals surface area contributed by atoms with E-state index in [1.165, 1.54) is 0 Å². The first-order valence-electron chi connectivity index (χ1n) is 3.81. The maximum atomic E-state index is 12.7. The van der Waals surface area contributed by atoms with Crippen molar-refractivity contribution in [1.29, 1.82) is 0 Å². The van der Waals surface area contributed by atoms with Crippen LogP contribution in [0.3, 0.4) is 0 Å². The van der Waals surface area contributed by atoms with Crippen LogP contribution in [0.25, 0.3) is 0 Å². The maximum absolute atomic E-state index is 12.7. The summed E-state index contributed by atoms with van der Waals surface area (Å²) in [7, 11) is 0. The Bertz CT molecular complexity index is 137. The van der Waals surface area contributed by atoms with Crippen LogP contribution in [-0.4, -0.2) is 19.0 Å². The Morgan fingerprint density at radius 3 is 2.00 bits per heavy atom. The molecule has 0 aromatic rings. The number of alkyl halides is 2. The lowest BCUT2D eigenvalue weighted by molar-refractivity contribution is 0.0793. The Kier molecular flexibility index (Phi) is 2.40. The molecule has 1 heterocycles. The molecule has 2 unspecified atom stereocenters. The molecule has 66 valence electrons. The highest BCUT2D eigenvalue weighted by Crippen LogP contribution is 2.58. The maximum Gasteiger partial charge on any atom is 0.254 e. The largest absolute Gasteiger partial charge is 0.317 e. The van der Waals surface area contributed by atoms with E-state index < -0.39 is 5.92 Å². The van der Waals surface area contributed by atoms with Crippen molar-refractivity contribution in [2.24, 2.45) is 11.8 Å². The van der Waals surface area contributed by atoms with E-state index in [1.807, 2.05) is 0 Å². The van der Waals surface area contributed by atoms with Gasteiger partial charge in [0, 0.05) is 11.8 Å². The third kappa shape index (κ3) is 1.36. The summed E-state index contributed by atoms with van der Waals surface area (Å²) >= 11 is 0. The highest BCUT2D eigenvalue weighted by atomic mass is 35.5. The van der Waals surface area contributed by atoms with Gasteiger partial charge in [0.2, 0.25) is 0 Å². The van der Waals surface area contributed by atoms with Crippen molar-refractivity contribution in [3.8, 4) is 0 Å². The van der Waals surface area contributed by atoms with E-state index in [2.05, 4.69) is 5.32 Å². The van der Waals surface area contributed by atoms with Crippen LogP contribution in [0.4, 0.5) is 8.78 Å². The summed E-state index contributed by atoms with van der Waals surface area (Å²) in [6, 6.07) is 0. The van der Waals surface area contributed by atoms with Crippen molar-refractivity contribution >= 4 is 12.4 Å². The van der Waals surface area contributed by atoms with E-state index in [-0.39, 0.29) is 24.2 Å². The van der Waals surface area contributed by atoms with Crippen molar-refractivity contribution in [2.45, 2.75) is 18.8 Å². The van der Waals surface area contributed by atoms with Gasteiger partial charge in [-0.1, -0.05) is 0 Å². The van der Waals surface area contributed by atoms with Crippen molar-refractivity contribution in [3.05, 3.63) is 0 Å². The fraction of sp³-hybridized carbons (Fsp3) is 1.00. The van der Waals surface area contributed by atoms with Gasteiger partial charge in [0.05, 0.1) is 0 Å². The van der Waals surface area contributed by atoms with Crippen LogP contribution in [0.2, 0.25) is 0 Å². The van der Waals surface area contributed by atoms with Gasteiger partial charge in [-0.3, -0.25) is 0 Å². The van der Waals surface area contributed by atoms with E-state index in [0.717, 1.165) is 13.1 Å². The van der Waals surface area contributed by atoms with Gasteiger partial charge >= 0.3 is 0 Å².